The number of pyridine rings is 2. The fraction of sp³-hybridized carbons (Fsp3) is 0.143. The molecule has 0 atom stereocenters. The van der Waals surface area contributed by atoms with Crippen molar-refractivity contribution < 1.29 is 22.8 Å². The topological polar surface area (TPSA) is 72.0 Å². The van der Waals surface area contributed by atoms with Crippen molar-refractivity contribution in [3.05, 3.63) is 71.1 Å². The monoisotopic (exact) mass is 399 g/mol. The maximum atomic E-state index is 12.5. The fourth-order valence-electron chi connectivity index (χ4n) is 2.70. The van der Waals surface area contributed by atoms with Crippen molar-refractivity contribution in [2.24, 2.45) is 0 Å². The van der Waals surface area contributed by atoms with Crippen molar-refractivity contribution in [1.29, 1.82) is 0 Å². The Hall–Kier alpha value is -3.55. The molecule has 0 aliphatic rings. The van der Waals surface area contributed by atoms with E-state index < -0.39 is 12.1 Å². The third-order valence-electron chi connectivity index (χ3n) is 4.16. The molecule has 0 aliphatic carbocycles. The summed E-state index contributed by atoms with van der Waals surface area (Å²) in [5.74, 6) is -0.544. The van der Waals surface area contributed by atoms with Crippen LogP contribution in [-0.2, 0) is 0 Å². The Labute approximate surface area is 164 Å². The Morgan fingerprint density at radius 2 is 1.72 bits per heavy atom. The molecular formula is C21H16F3N3O2. The van der Waals surface area contributed by atoms with Crippen LogP contribution >= 0.6 is 0 Å². The highest BCUT2D eigenvalue weighted by Gasteiger charge is 2.21. The normalized spacial score (nSPS) is 11.8. The van der Waals surface area contributed by atoms with Gasteiger partial charge in [-0.15, -0.1) is 0 Å². The second-order valence-corrected chi connectivity index (χ2v) is 6.45. The largest absolute Gasteiger partial charge is 0.409 e. The number of aryl methyl sites for hydroxylation is 1. The first kappa shape index (κ1) is 20.2. The number of nitrogens with one attached hydrogen (secondary N) is 1. The van der Waals surface area contributed by atoms with Crippen LogP contribution in [-0.4, -0.2) is 27.8 Å². The number of rotatable bonds is 4. The number of nitrogens with zero attached hydrogens (tertiary/aromatic N) is 2. The van der Waals surface area contributed by atoms with Crippen molar-refractivity contribution in [3.63, 3.8) is 0 Å². The highest BCUT2D eigenvalue weighted by Crippen LogP contribution is 2.21. The third-order valence-corrected chi connectivity index (χ3v) is 4.16. The average molecular weight is 399 g/mol. The molecule has 29 heavy (non-hydrogen) atoms. The number of carbonyl (C=O) groups is 2. The molecule has 1 amide bonds. The van der Waals surface area contributed by atoms with Gasteiger partial charge in [0.15, 0.2) is 5.78 Å². The molecule has 1 aromatic carbocycles. The molecule has 0 spiro atoms. The Morgan fingerprint density at radius 1 is 1.03 bits per heavy atom. The number of allylic oxidation sites excluding steroid dienone is 1. The molecule has 0 fully saturated rings. The summed E-state index contributed by atoms with van der Waals surface area (Å²) in [6.45, 7) is 3.08. The van der Waals surface area contributed by atoms with Crippen LogP contribution in [0.4, 0.5) is 18.9 Å². The zero-order valence-corrected chi connectivity index (χ0v) is 15.5. The van der Waals surface area contributed by atoms with Crippen molar-refractivity contribution in [1.82, 2.24) is 9.97 Å². The van der Waals surface area contributed by atoms with Gasteiger partial charge in [-0.25, -0.2) is 0 Å². The van der Waals surface area contributed by atoms with Crippen LogP contribution in [0.25, 0.3) is 17.1 Å². The van der Waals surface area contributed by atoms with Crippen molar-refractivity contribution in [2.75, 3.05) is 5.32 Å². The summed E-state index contributed by atoms with van der Waals surface area (Å²) in [5, 5.41) is 2.70. The van der Waals surface area contributed by atoms with Gasteiger partial charge in [-0.2, -0.15) is 13.2 Å². The second-order valence-electron chi connectivity index (χ2n) is 6.45. The summed E-state index contributed by atoms with van der Waals surface area (Å²) in [7, 11) is 0. The van der Waals surface area contributed by atoms with Crippen LogP contribution in [0.5, 0.6) is 0 Å². The van der Waals surface area contributed by atoms with Crippen LogP contribution in [0.3, 0.4) is 0 Å². The first-order valence-electron chi connectivity index (χ1n) is 8.57. The molecule has 0 saturated heterocycles. The number of halogens is 3. The molecule has 0 bridgehead atoms. The predicted molar refractivity (Wildman–Crippen MR) is 104 cm³/mol. The highest BCUT2D eigenvalue weighted by molar-refractivity contribution is 6.06. The number of aromatic nitrogens is 2. The van der Waals surface area contributed by atoms with Gasteiger partial charge in [0.2, 0.25) is 0 Å². The first-order valence-corrected chi connectivity index (χ1v) is 8.57. The molecule has 3 rings (SSSR count). The molecule has 0 radical (unpaired) electrons. The zero-order chi connectivity index (χ0) is 21.2. The molecule has 0 unspecified atom stereocenters. The molecule has 0 saturated carbocycles. The quantitative estimate of drug-likeness (QED) is 0.629. The number of Topliss-reactive ketones (excluding diaryl/α,β-unsaturated/α-hetero) is 1. The summed E-state index contributed by atoms with van der Waals surface area (Å²) in [6, 6.07) is 7.65. The molecule has 2 aromatic heterocycles. The van der Waals surface area contributed by atoms with E-state index in [0.29, 0.717) is 39.0 Å². The molecular weight excluding hydrogens is 383 g/mol. The van der Waals surface area contributed by atoms with Crippen LogP contribution in [0, 0.1) is 6.92 Å². The maximum absolute atomic E-state index is 12.5. The van der Waals surface area contributed by atoms with Crippen molar-refractivity contribution in [2.45, 2.75) is 20.0 Å². The summed E-state index contributed by atoms with van der Waals surface area (Å²) in [5.41, 5.74) is 3.08. The predicted octanol–water partition coefficient (Wildman–Crippen LogP) is 4.97. The molecule has 3 aromatic rings. The van der Waals surface area contributed by atoms with Gasteiger partial charge in [-0.3, -0.25) is 19.6 Å². The Bertz CT molecular complexity index is 1140. The van der Waals surface area contributed by atoms with Crippen LogP contribution in [0.2, 0.25) is 0 Å². The number of hydrogen-bond acceptors (Lipinski definition) is 4. The van der Waals surface area contributed by atoms with Gasteiger partial charge in [0, 0.05) is 23.4 Å². The van der Waals surface area contributed by atoms with E-state index >= 15 is 0 Å². The van der Waals surface area contributed by atoms with E-state index in [2.05, 4.69) is 15.3 Å². The lowest BCUT2D eigenvalue weighted by molar-refractivity contribution is -0.0790. The molecule has 148 valence electrons. The van der Waals surface area contributed by atoms with E-state index in [4.69, 9.17) is 0 Å². The SMILES string of the molecule is CC(=O)c1cnc2cc(NC(=O)c3ccc(C=CC(F)(F)F)cc3C)cnc2c1. The lowest BCUT2D eigenvalue weighted by atomic mass is 10.0. The number of carbonyl (C=O) groups excluding carboxylic acids is 2. The molecule has 1 N–H and O–H groups in total. The van der Waals surface area contributed by atoms with Gasteiger partial charge in [0.25, 0.3) is 5.91 Å². The van der Waals surface area contributed by atoms with E-state index in [-0.39, 0.29) is 11.9 Å². The summed E-state index contributed by atoms with van der Waals surface area (Å²) in [6.07, 6.45) is -0.418. The second kappa shape index (κ2) is 7.83. The molecule has 5 nitrogen and oxygen atoms in total. The summed E-state index contributed by atoms with van der Waals surface area (Å²) >= 11 is 0. The fourth-order valence-corrected chi connectivity index (χ4v) is 2.70. The van der Waals surface area contributed by atoms with Crippen LogP contribution in [0.15, 0.2) is 48.8 Å². The Balaban J connectivity index is 1.80. The third kappa shape index (κ3) is 5.04. The van der Waals surface area contributed by atoms with Gasteiger partial charge < -0.3 is 5.32 Å². The summed E-state index contributed by atoms with van der Waals surface area (Å²) < 4.78 is 36.9. The van der Waals surface area contributed by atoms with Gasteiger partial charge in [-0.1, -0.05) is 18.2 Å². The average Bonchev–Trinajstić information content (AvgIpc) is 2.65. The molecule has 8 heteroatoms. The van der Waals surface area contributed by atoms with Crippen LogP contribution in [0.1, 0.15) is 38.8 Å². The number of alkyl halides is 3. The standard InChI is InChI=1S/C21H16F3N3O2/c1-12-7-14(5-6-21(22,23)24)3-4-17(12)20(29)27-16-9-19-18(26-11-16)8-15(10-25-19)13(2)28/h3-11H,1-2H3,(H,27,29). The molecule has 0 aliphatic heterocycles. The summed E-state index contributed by atoms with van der Waals surface area (Å²) in [4.78, 5) is 32.3. The number of hydrogen-bond donors (Lipinski definition) is 1. The maximum Gasteiger partial charge on any atom is 0.409 e. The van der Waals surface area contributed by atoms with E-state index in [1.54, 1.807) is 19.1 Å². The zero-order valence-electron chi connectivity index (χ0n) is 15.5. The smallest absolute Gasteiger partial charge is 0.321 e. The van der Waals surface area contributed by atoms with E-state index in [1.807, 2.05) is 0 Å². The van der Waals surface area contributed by atoms with Gasteiger partial charge in [-0.05, 0) is 43.2 Å². The lowest BCUT2D eigenvalue weighted by Crippen LogP contribution is -2.13. The van der Waals surface area contributed by atoms with Crippen molar-refractivity contribution >= 4 is 34.5 Å². The number of benzene rings is 1. The minimum absolute atomic E-state index is 0.123. The van der Waals surface area contributed by atoms with E-state index in [0.717, 1.165) is 6.08 Å². The van der Waals surface area contributed by atoms with Crippen LogP contribution < -0.4 is 5.32 Å². The molecule has 2 heterocycles. The minimum Gasteiger partial charge on any atom is -0.321 e. The van der Waals surface area contributed by atoms with Gasteiger partial charge in [0.05, 0.1) is 22.9 Å². The van der Waals surface area contributed by atoms with Gasteiger partial charge >= 0.3 is 6.18 Å². The Kier molecular flexibility index (Phi) is 5.45. The Morgan fingerprint density at radius 3 is 2.38 bits per heavy atom. The number of fused-ring (bicyclic) bond motifs is 1. The number of amides is 1. The van der Waals surface area contributed by atoms with E-state index in [1.165, 1.54) is 37.5 Å². The lowest BCUT2D eigenvalue weighted by Gasteiger charge is -2.09. The first-order chi connectivity index (χ1) is 13.6. The number of ketones is 1. The van der Waals surface area contributed by atoms with Gasteiger partial charge in [0.1, 0.15) is 0 Å². The van der Waals surface area contributed by atoms with Crippen molar-refractivity contribution in [3.8, 4) is 0 Å². The number of anilines is 1. The highest BCUT2D eigenvalue weighted by atomic mass is 19.4. The van der Waals surface area contributed by atoms with E-state index in [9.17, 15) is 22.8 Å². The minimum atomic E-state index is -4.40.